The van der Waals surface area contributed by atoms with Gasteiger partial charge in [-0.25, -0.2) is 4.79 Å². The van der Waals surface area contributed by atoms with Gasteiger partial charge in [0.25, 0.3) is 0 Å². The topological polar surface area (TPSA) is 60.9 Å². The zero-order chi connectivity index (χ0) is 13.1. The first kappa shape index (κ1) is 13.2. The molecular weight excluding hydrogens is 232 g/mol. The molecule has 0 aromatic rings. The number of nitrogens with zero attached hydrogens (tertiary/aromatic N) is 2. The summed E-state index contributed by atoms with van der Waals surface area (Å²) in [5, 5.41) is 8.92. The van der Waals surface area contributed by atoms with Crippen LogP contribution in [0, 0.1) is 5.92 Å². The van der Waals surface area contributed by atoms with Crippen molar-refractivity contribution in [1.82, 2.24) is 9.80 Å². The highest BCUT2D eigenvalue weighted by Gasteiger charge is 2.33. The Morgan fingerprint density at radius 1 is 1.22 bits per heavy atom. The van der Waals surface area contributed by atoms with E-state index >= 15 is 0 Å². The Morgan fingerprint density at radius 2 is 2.00 bits per heavy atom. The van der Waals surface area contributed by atoms with E-state index in [0.29, 0.717) is 12.5 Å². The predicted molar refractivity (Wildman–Crippen MR) is 67.3 cm³/mol. The van der Waals surface area contributed by atoms with E-state index in [1.807, 2.05) is 4.90 Å². The molecule has 0 radical (unpaired) electrons. The molecule has 0 spiro atoms. The summed E-state index contributed by atoms with van der Waals surface area (Å²) in [6, 6.07) is -0.0649. The van der Waals surface area contributed by atoms with Gasteiger partial charge in [0.05, 0.1) is 6.42 Å². The Balaban J connectivity index is 1.99. The molecule has 0 bridgehead atoms. The molecule has 2 heterocycles. The lowest BCUT2D eigenvalue weighted by molar-refractivity contribution is -0.138. The van der Waals surface area contributed by atoms with Crippen LogP contribution in [0.2, 0.25) is 0 Å². The molecule has 102 valence electrons. The maximum absolute atomic E-state index is 12.4. The van der Waals surface area contributed by atoms with Gasteiger partial charge in [-0.15, -0.1) is 0 Å². The third-order valence-corrected chi connectivity index (χ3v) is 3.98. The second kappa shape index (κ2) is 5.59. The number of aliphatic carboxylic acids is 1. The largest absolute Gasteiger partial charge is 0.481 e. The summed E-state index contributed by atoms with van der Waals surface area (Å²) in [4.78, 5) is 26.9. The number of carboxylic acid groups (broad SMARTS) is 1. The van der Waals surface area contributed by atoms with Gasteiger partial charge in [-0.3, -0.25) is 4.79 Å². The average Bonchev–Trinajstić information content (AvgIpc) is 2.75. The maximum Gasteiger partial charge on any atom is 0.320 e. The van der Waals surface area contributed by atoms with Crippen molar-refractivity contribution >= 4 is 12.0 Å². The molecule has 2 unspecified atom stereocenters. The Bertz CT molecular complexity index is 332. The van der Waals surface area contributed by atoms with Crippen molar-refractivity contribution in [2.24, 2.45) is 5.92 Å². The molecule has 2 saturated heterocycles. The summed E-state index contributed by atoms with van der Waals surface area (Å²) in [5.41, 5.74) is 0. The molecule has 0 aliphatic carbocycles. The van der Waals surface area contributed by atoms with E-state index in [2.05, 4.69) is 6.92 Å². The molecular formula is C13H22N2O3. The highest BCUT2D eigenvalue weighted by Crippen LogP contribution is 2.24. The van der Waals surface area contributed by atoms with Gasteiger partial charge in [-0.2, -0.15) is 0 Å². The van der Waals surface area contributed by atoms with Crippen molar-refractivity contribution in [3.05, 3.63) is 0 Å². The van der Waals surface area contributed by atoms with E-state index in [1.165, 1.54) is 0 Å². The minimum atomic E-state index is -0.811. The van der Waals surface area contributed by atoms with Gasteiger partial charge in [0, 0.05) is 25.7 Å². The Labute approximate surface area is 108 Å². The Hall–Kier alpha value is -1.26. The second-order valence-corrected chi connectivity index (χ2v) is 5.56. The highest BCUT2D eigenvalue weighted by molar-refractivity contribution is 5.76. The lowest BCUT2D eigenvalue weighted by Crippen LogP contribution is -2.50. The van der Waals surface area contributed by atoms with Crippen LogP contribution in [0.4, 0.5) is 4.79 Å². The smallest absolute Gasteiger partial charge is 0.320 e. The normalized spacial score (nSPS) is 28.5. The number of hydrogen-bond acceptors (Lipinski definition) is 2. The number of rotatable bonds is 2. The van der Waals surface area contributed by atoms with Crippen molar-refractivity contribution in [1.29, 1.82) is 0 Å². The van der Waals surface area contributed by atoms with Crippen LogP contribution in [0.5, 0.6) is 0 Å². The summed E-state index contributed by atoms with van der Waals surface area (Å²) in [6.07, 6.45) is 3.98. The summed E-state index contributed by atoms with van der Waals surface area (Å²) < 4.78 is 0. The van der Waals surface area contributed by atoms with Gasteiger partial charge in [0.2, 0.25) is 0 Å². The molecule has 5 nitrogen and oxygen atoms in total. The molecule has 18 heavy (non-hydrogen) atoms. The van der Waals surface area contributed by atoms with Gasteiger partial charge < -0.3 is 14.9 Å². The quantitative estimate of drug-likeness (QED) is 0.817. The Morgan fingerprint density at radius 3 is 2.61 bits per heavy atom. The molecule has 1 N–H and O–H groups in total. The molecule has 5 heteroatoms. The molecule has 2 fully saturated rings. The van der Waals surface area contributed by atoms with Crippen molar-refractivity contribution in [2.75, 3.05) is 19.6 Å². The van der Waals surface area contributed by atoms with E-state index in [9.17, 15) is 9.59 Å². The second-order valence-electron chi connectivity index (χ2n) is 5.56. The van der Waals surface area contributed by atoms with E-state index in [1.54, 1.807) is 4.90 Å². The number of likely N-dealkylation sites (tertiary alicyclic amines) is 2. The minimum absolute atomic E-state index is 0.0466. The summed E-state index contributed by atoms with van der Waals surface area (Å²) in [5.74, 6) is -0.244. The summed E-state index contributed by atoms with van der Waals surface area (Å²) >= 11 is 0. The van der Waals surface area contributed by atoms with Crippen LogP contribution in [0.15, 0.2) is 0 Å². The molecule has 2 aliphatic rings. The van der Waals surface area contributed by atoms with E-state index in [-0.39, 0.29) is 18.5 Å². The average molecular weight is 254 g/mol. The van der Waals surface area contributed by atoms with Gasteiger partial charge in [-0.1, -0.05) is 6.92 Å². The van der Waals surface area contributed by atoms with Crippen LogP contribution in [-0.2, 0) is 4.79 Å². The molecule has 2 rings (SSSR count). The standard InChI is InChI=1S/C13H22N2O3/c1-10-5-7-14(9-10)13(18)15-6-3-2-4-11(15)8-12(16)17/h10-11H,2-9H2,1H3,(H,16,17). The molecule has 0 aromatic heterocycles. The molecule has 0 saturated carbocycles. The number of piperidine rings is 1. The molecule has 2 amide bonds. The fourth-order valence-corrected chi connectivity index (χ4v) is 2.96. The van der Waals surface area contributed by atoms with E-state index < -0.39 is 5.97 Å². The summed E-state index contributed by atoms with van der Waals surface area (Å²) in [6.45, 7) is 4.49. The van der Waals surface area contributed by atoms with Crippen LogP contribution in [-0.4, -0.2) is 52.6 Å². The first-order valence-corrected chi connectivity index (χ1v) is 6.85. The van der Waals surface area contributed by atoms with Crippen LogP contribution >= 0.6 is 0 Å². The maximum atomic E-state index is 12.4. The predicted octanol–water partition coefficient (Wildman–Crippen LogP) is 1.78. The third kappa shape index (κ3) is 2.94. The number of carbonyl (C=O) groups excluding carboxylic acids is 1. The number of hydrogen-bond donors (Lipinski definition) is 1. The van der Waals surface area contributed by atoms with Crippen LogP contribution < -0.4 is 0 Å². The monoisotopic (exact) mass is 254 g/mol. The fourth-order valence-electron chi connectivity index (χ4n) is 2.96. The van der Waals surface area contributed by atoms with Gasteiger partial charge in [-0.05, 0) is 31.6 Å². The zero-order valence-corrected chi connectivity index (χ0v) is 11.0. The van der Waals surface area contributed by atoms with Crippen molar-refractivity contribution in [3.63, 3.8) is 0 Å². The van der Waals surface area contributed by atoms with Gasteiger partial charge >= 0.3 is 12.0 Å². The summed E-state index contributed by atoms with van der Waals surface area (Å²) in [7, 11) is 0. The van der Waals surface area contributed by atoms with Crippen LogP contribution in [0.25, 0.3) is 0 Å². The highest BCUT2D eigenvalue weighted by atomic mass is 16.4. The lowest BCUT2D eigenvalue weighted by atomic mass is 10.00. The van der Waals surface area contributed by atoms with Crippen molar-refractivity contribution < 1.29 is 14.7 Å². The van der Waals surface area contributed by atoms with Gasteiger partial charge in [0.15, 0.2) is 0 Å². The SMILES string of the molecule is CC1CCN(C(=O)N2CCCCC2CC(=O)O)C1. The third-order valence-electron chi connectivity index (χ3n) is 3.98. The molecule has 0 aromatic carbocycles. The molecule has 2 atom stereocenters. The first-order chi connectivity index (χ1) is 8.58. The van der Waals surface area contributed by atoms with Crippen LogP contribution in [0.1, 0.15) is 39.0 Å². The number of urea groups is 1. The first-order valence-electron chi connectivity index (χ1n) is 6.85. The van der Waals surface area contributed by atoms with E-state index in [4.69, 9.17) is 5.11 Å². The zero-order valence-electron chi connectivity index (χ0n) is 11.0. The van der Waals surface area contributed by atoms with Crippen molar-refractivity contribution in [2.45, 2.75) is 45.1 Å². The van der Waals surface area contributed by atoms with E-state index in [0.717, 1.165) is 38.8 Å². The minimum Gasteiger partial charge on any atom is -0.481 e. The lowest BCUT2D eigenvalue weighted by Gasteiger charge is -2.37. The fraction of sp³-hybridized carbons (Fsp3) is 0.846. The number of amides is 2. The Kier molecular flexibility index (Phi) is 4.09. The van der Waals surface area contributed by atoms with Crippen LogP contribution in [0.3, 0.4) is 0 Å². The number of carboxylic acids is 1. The van der Waals surface area contributed by atoms with Crippen molar-refractivity contribution in [3.8, 4) is 0 Å². The molecule has 2 aliphatic heterocycles. The van der Waals surface area contributed by atoms with Gasteiger partial charge in [0.1, 0.15) is 0 Å². The number of carbonyl (C=O) groups is 2.